The maximum Gasteiger partial charge on any atom is 0.407 e. The summed E-state index contributed by atoms with van der Waals surface area (Å²) in [6.07, 6.45) is -0.504. The Bertz CT molecular complexity index is 1020. The summed E-state index contributed by atoms with van der Waals surface area (Å²) >= 11 is 0. The van der Waals surface area contributed by atoms with E-state index in [1.54, 1.807) is 6.92 Å². The van der Waals surface area contributed by atoms with Crippen molar-refractivity contribution >= 4 is 31.3 Å². The number of para-hydroxylation sites is 1. The number of alkyl carbamates (subject to hydrolysis) is 1. The van der Waals surface area contributed by atoms with Gasteiger partial charge >= 0.3 is 12.1 Å². The van der Waals surface area contributed by atoms with Gasteiger partial charge in [-0.25, -0.2) is 9.59 Å². The Morgan fingerprint density at radius 1 is 1.09 bits per heavy atom. The molecule has 0 saturated heterocycles. The zero-order valence-corrected chi connectivity index (χ0v) is 24.2. The van der Waals surface area contributed by atoms with E-state index in [4.69, 9.17) is 13.9 Å². The van der Waals surface area contributed by atoms with Gasteiger partial charge in [-0.3, -0.25) is 0 Å². The molecule has 0 spiro atoms. The number of ether oxygens (including phenoxy) is 2. The van der Waals surface area contributed by atoms with Crippen LogP contribution in [0.1, 0.15) is 71.9 Å². The predicted molar refractivity (Wildman–Crippen MR) is 143 cm³/mol. The van der Waals surface area contributed by atoms with Crippen LogP contribution in [-0.4, -0.2) is 50.3 Å². The van der Waals surface area contributed by atoms with Gasteiger partial charge in [-0.2, -0.15) is 0 Å². The van der Waals surface area contributed by atoms with Crippen LogP contribution < -0.4 is 5.32 Å². The number of nitrogens with zero attached hydrogens (tertiary/aromatic N) is 1. The quantitative estimate of drug-likeness (QED) is 0.293. The zero-order chi connectivity index (χ0) is 26.6. The number of esters is 1. The SMILES string of the molecule is CCOC(=O)c1cc2ccccc2n1[C@@H](CNC(=O)OC(C)(C)C)CO[Si](C)(C)C(C)(C)C(C)C. The molecule has 1 heterocycles. The monoisotopic (exact) mass is 504 g/mol. The minimum absolute atomic E-state index is 0.0267. The number of aromatic nitrogens is 1. The van der Waals surface area contributed by atoms with Gasteiger partial charge in [0.25, 0.3) is 0 Å². The lowest BCUT2D eigenvalue weighted by Crippen LogP contribution is -2.47. The molecule has 7 nitrogen and oxygen atoms in total. The Morgan fingerprint density at radius 2 is 1.71 bits per heavy atom. The second-order valence-electron chi connectivity index (χ2n) is 11.4. The molecule has 0 aliphatic heterocycles. The van der Waals surface area contributed by atoms with Crippen molar-refractivity contribution in [3.05, 3.63) is 36.0 Å². The van der Waals surface area contributed by atoms with E-state index in [0.29, 0.717) is 18.2 Å². The molecule has 1 amide bonds. The minimum Gasteiger partial charge on any atom is -0.461 e. The molecule has 1 atom stereocenters. The summed E-state index contributed by atoms with van der Waals surface area (Å²) < 4.78 is 19.5. The second-order valence-corrected chi connectivity index (χ2v) is 16.0. The number of nitrogens with one attached hydrogen (secondary N) is 1. The number of hydrogen-bond acceptors (Lipinski definition) is 5. The fourth-order valence-electron chi connectivity index (χ4n) is 3.86. The highest BCUT2D eigenvalue weighted by Crippen LogP contribution is 2.45. The van der Waals surface area contributed by atoms with Gasteiger partial charge < -0.3 is 23.8 Å². The number of amides is 1. The molecule has 2 aromatic rings. The van der Waals surface area contributed by atoms with Gasteiger partial charge in [0.15, 0.2) is 8.32 Å². The molecule has 0 unspecified atom stereocenters. The Hall–Kier alpha value is -2.32. The highest BCUT2D eigenvalue weighted by atomic mass is 28.4. The largest absolute Gasteiger partial charge is 0.461 e. The van der Waals surface area contributed by atoms with Crippen molar-refractivity contribution in [2.45, 2.75) is 85.2 Å². The molecular formula is C27H44N2O5Si. The topological polar surface area (TPSA) is 78.8 Å². The van der Waals surface area contributed by atoms with Crippen molar-refractivity contribution in [3.63, 3.8) is 0 Å². The van der Waals surface area contributed by atoms with E-state index in [9.17, 15) is 9.59 Å². The third-order valence-electron chi connectivity index (χ3n) is 7.11. The van der Waals surface area contributed by atoms with Gasteiger partial charge in [0, 0.05) is 17.4 Å². The number of carbonyl (C=O) groups excluding carboxylic acids is 2. The molecule has 0 aliphatic carbocycles. The van der Waals surface area contributed by atoms with E-state index in [-0.39, 0.29) is 24.2 Å². The van der Waals surface area contributed by atoms with Crippen LogP contribution in [0.4, 0.5) is 4.79 Å². The molecule has 0 saturated carbocycles. The third-order valence-corrected chi connectivity index (χ3v) is 11.7. The van der Waals surface area contributed by atoms with Gasteiger partial charge in [-0.05, 0) is 63.9 Å². The lowest BCUT2D eigenvalue weighted by atomic mass is 9.99. The van der Waals surface area contributed by atoms with Crippen LogP contribution in [-0.2, 0) is 13.9 Å². The van der Waals surface area contributed by atoms with Crippen molar-refractivity contribution in [3.8, 4) is 0 Å². The van der Waals surface area contributed by atoms with E-state index in [1.165, 1.54) is 0 Å². The molecule has 1 N–H and O–H groups in total. The van der Waals surface area contributed by atoms with E-state index in [2.05, 4.69) is 46.1 Å². The van der Waals surface area contributed by atoms with E-state index < -0.39 is 26.0 Å². The van der Waals surface area contributed by atoms with Crippen LogP contribution in [0, 0.1) is 5.92 Å². The maximum absolute atomic E-state index is 12.9. The van der Waals surface area contributed by atoms with E-state index in [1.807, 2.05) is 55.7 Å². The summed E-state index contributed by atoms with van der Waals surface area (Å²) in [6, 6.07) is 9.32. The van der Waals surface area contributed by atoms with E-state index >= 15 is 0 Å². The first-order valence-electron chi connectivity index (χ1n) is 12.5. The average molecular weight is 505 g/mol. The lowest BCUT2D eigenvalue weighted by Gasteiger charge is -2.43. The van der Waals surface area contributed by atoms with Crippen molar-refractivity contribution < 1.29 is 23.5 Å². The highest BCUT2D eigenvalue weighted by molar-refractivity contribution is 6.74. The van der Waals surface area contributed by atoms with E-state index in [0.717, 1.165) is 10.9 Å². The number of hydrogen-bond donors (Lipinski definition) is 1. The second kappa shape index (κ2) is 11.2. The maximum atomic E-state index is 12.9. The molecule has 2 rings (SSSR count). The van der Waals surface area contributed by atoms with Crippen molar-refractivity contribution in [1.82, 2.24) is 9.88 Å². The molecule has 0 aliphatic rings. The van der Waals surface area contributed by atoms with Crippen LogP contribution in [0.5, 0.6) is 0 Å². The molecule has 0 fully saturated rings. The summed E-state index contributed by atoms with van der Waals surface area (Å²) in [4.78, 5) is 25.4. The molecule has 1 aromatic heterocycles. The van der Waals surface area contributed by atoms with Gasteiger partial charge in [0.05, 0.1) is 19.3 Å². The Morgan fingerprint density at radius 3 is 2.29 bits per heavy atom. The van der Waals surface area contributed by atoms with Crippen LogP contribution >= 0.6 is 0 Å². The molecule has 8 heteroatoms. The van der Waals surface area contributed by atoms with Gasteiger partial charge in [-0.15, -0.1) is 0 Å². The molecule has 0 bridgehead atoms. The standard InChI is InChI=1S/C27H44N2O5Si/c1-11-32-24(30)23-16-20-14-12-13-15-22(20)29(23)21(17-28-25(31)34-26(4,5)6)18-33-35(9,10)27(7,8)19(2)3/h12-16,19,21H,11,17-18H2,1-10H3,(H,28,31)/t21-/m0/s1. The predicted octanol–water partition coefficient (Wildman–Crippen LogP) is 6.54. The van der Waals surface area contributed by atoms with Gasteiger partial charge in [-0.1, -0.05) is 45.9 Å². The van der Waals surface area contributed by atoms with Crippen LogP contribution in [0.25, 0.3) is 10.9 Å². The smallest absolute Gasteiger partial charge is 0.407 e. The highest BCUT2D eigenvalue weighted by Gasteiger charge is 2.43. The van der Waals surface area contributed by atoms with Crippen molar-refractivity contribution in [2.75, 3.05) is 19.8 Å². The van der Waals surface area contributed by atoms with Crippen LogP contribution in [0.2, 0.25) is 18.1 Å². The molecule has 1 aromatic carbocycles. The van der Waals surface area contributed by atoms with Crippen molar-refractivity contribution in [2.24, 2.45) is 5.92 Å². The molecule has 0 radical (unpaired) electrons. The van der Waals surface area contributed by atoms with Crippen LogP contribution in [0.3, 0.4) is 0 Å². The molecule has 196 valence electrons. The van der Waals surface area contributed by atoms with Gasteiger partial charge in [0.1, 0.15) is 11.3 Å². The first kappa shape index (κ1) is 28.9. The summed E-state index contributed by atoms with van der Waals surface area (Å²) in [6.45, 7) is 21.5. The average Bonchev–Trinajstić information content (AvgIpc) is 3.12. The summed E-state index contributed by atoms with van der Waals surface area (Å²) in [5.41, 5.74) is 0.718. The molecular weight excluding hydrogens is 460 g/mol. The fourth-order valence-corrected chi connectivity index (χ4v) is 6.23. The van der Waals surface area contributed by atoms with Crippen LogP contribution in [0.15, 0.2) is 30.3 Å². The summed E-state index contributed by atoms with van der Waals surface area (Å²) in [5.74, 6) is 0.0509. The normalized spacial score (nSPS) is 13.7. The summed E-state index contributed by atoms with van der Waals surface area (Å²) in [5, 5.41) is 3.84. The van der Waals surface area contributed by atoms with Crippen molar-refractivity contribution in [1.29, 1.82) is 0 Å². The third kappa shape index (κ3) is 7.10. The number of benzene rings is 1. The van der Waals surface area contributed by atoms with Gasteiger partial charge in [0.2, 0.25) is 0 Å². The number of carbonyl (C=O) groups is 2. The Balaban J connectivity index is 2.48. The Labute approximate surface area is 211 Å². The minimum atomic E-state index is -2.16. The molecule has 35 heavy (non-hydrogen) atoms. The zero-order valence-electron chi connectivity index (χ0n) is 23.2. The number of rotatable bonds is 10. The summed E-state index contributed by atoms with van der Waals surface area (Å²) in [7, 11) is -2.16. The first-order valence-corrected chi connectivity index (χ1v) is 15.4. The fraction of sp³-hybridized carbons (Fsp3) is 0.630. The lowest BCUT2D eigenvalue weighted by molar-refractivity contribution is 0.0505. The number of fused-ring (bicyclic) bond motifs is 1. The first-order chi connectivity index (χ1) is 16.1. The Kier molecular flexibility index (Phi) is 9.22.